The zero-order valence-corrected chi connectivity index (χ0v) is 10.9. The van der Waals surface area contributed by atoms with Crippen molar-refractivity contribution < 1.29 is 9.59 Å². The topological polar surface area (TPSA) is 61.4 Å². The molecule has 0 aromatic carbocycles. The Morgan fingerprint density at radius 2 is 2.24 bits per heavy atom. The van der Waals surface area contributed by atoms with Crippen LogP contribution in [0.3, 0.4) is 0 Å². The van der Waals surface area contributed by atoms with Crippen molar-refractivity contribution in [1.29, 1.82) is 0 Å². The van der Waals surface area contributed by atoms with Crippen LogP contribution in [0.1, 0.15) is 26.2 Å². The monoisotopic (exact) mass is 261 g/mol. The normalized spacial score (nSPS) is 20.2. The minimum atomic E-state index is -0.428. The predicted octanol–water partition coefficient (Wildman–Crippen LogP) is 0.925. The van der Waals surface area contributed by atoms with Crippen LogP contribution in [0, 0.1) is 0 Å². The van der Waals surface area contributed by atoms with Gasteiger partial charge in [0.15, 0.2) is 0 Å². The summed E-state index contributed by atoms with van der Waals surface area (Å²) in [5, 5.41) is 4.97. The van der Waals surface area contributed by atoms with E-state index in [1.165, 1.54) is 6.42 Å². The second-order valence-corrected chi connectivity index (χ2v) is 4.50. The van der Waals surface area contributed by atoms with E-state index >= 15 is 0 Å². The number of carbonyl (C=O) groups is 2. The second kappa shape index (κ2) is 7.50. The van der Waals surface area contributed by atoms with E-state index in [0.717, 1.165) is 19.5 Å². The molecule has 98 valence electrons. The highest BCUT2D eigenvalue weighted by molar-refractivity contribution is 6.19. The fourth-order valence-corrected chi connectivity index (χ4v) is 2.24. The third kappa shape index (κ3) is 4.91. The molecule has 2 N–H and O–H groups in total. The van der Waals surface area contributed by atoms with Crippen LogP contribution in [-0.2, 0) is 4.79 Å². The molecule has 0 aromatic rings. The van der Waals surface area contributed by atoms with Gasteiger partial charge in [-0.2, -0.15) is 0 Å². The van der Waals surface area contributed by atoms with Gasteiger partial charge in [-0.15, -0.1) is 11.6 Å². The van der Waals surface area contributed by atoms with Crippen LogP contribution in [0.25, 0.3) is 0 Å². The Morgan fingerprint density at radius 1 is 1.47 bits per heavy atom. The Morgan fingerprint density at radius 3 is 2.88 bits per heavy atom. The van der Waals surface area contributed by atoms with Crippen LogP contribution in [0.15, 0.2) is 0 Å². The number of urea groups is 1. The van der Waals surface area contributed by atoms with E-state index in [1.807, 2.05) is 0 Å². The van der Waals surface area contributed by atoms with Gasteiger partial charge >= 0.3 is 6.03 Å². The molecule has 1 unspecified atom stereocenters. The summed E-state index contributed by atoms with van der Waals surface area (Å²) >= 11 is 5.40. The molecule has 1 fully saturated rings. The maximum absolute atomic E-state index is 11.4. The summed E-state index contributed by atoms with van der Waals surface area (Å²) in [6.07, 6.45) is 2.44. The van der Waals surface area contributed by atoms with Crippen LogP contribution < -0.4 is 10.6 Å². The third-order valence-corrected chi connectivity index (χ3v) is 3.17. The predicted molar refractivity (Wildman–Crippen MR) is 67.1 cm³/mol. The number of imide groups is 1. The smallest absolute Gasteiger partial charge is 0.321 e. The van der Waals surface area contributed by atoms with E-state index in [-0.39, 0.29) is 18.2 Å². The quantitative estimate of drug-likeness (QED) is 0.724. The molecule has 17 heavy (non-hydrogen) atoms. The van der Waals surface area contributed by atoms with Crippen molar-refractivity contribution in [3.05, 3.63) is 0 Å². The van der Waals surface area contributed by atoms with Gasteiger partial charge < -0.3 is 5.32 Å². The molecule has 0 radical (unpaired) electrons. The van der Waals surface area contributed by atoms with Crippen molar-refractivity contribution in [2.24, 2.45) is 0 Å². The van der Waals surface area contributed by atoms with Gasteiger partial charge in [-0.3, -0.25) is 15.0 Å². The summed E-state index contributed by atoms with van der Waals surface area (Å²) < 4.78 is 0. The summed E-state index contributed by atoms with van der Waals surface area (Å²) in [5.74, 6) is -0.109. The Kier molecular flexibility index (Phi) is 6.29. The highest BCUT2D eigenvalue weighted by Gasteiger charge is 2.23. The number of alkyl halides is 1. The number of halogens is 1. The highest BCUT2D eigenvalue weighted by atomic mass is 35.5. The van der Waals surface area contributed by atoms with E-state index in [1.54, 1.807) is 0 Å². The van der Waals surface area contributed by atoms with Crippen LogP contribution in [0.2, 0.25) is 0 Å². The van der Waals surface area contributed by atoms with Crippen molar-refractivity contribution >= 4 is 23.5 Å². The number of nitrogens with one attached hydrogen (secondary N) is 2. The molecule has 1 heterocycles. The number of hydrogen-bond acceptors (Lipinski definition) is 3. The lowest BCUT2D eigenvalue weighted by molar-refractivity contribution is -0.119. The molecule has 1 aliphatic rings. The first kappa shape index (κ1) is 14.3. The molecule has 6 heteroatoms. The number of likely N-dealkylation sites (N-methyl/N-ethyl adjacent to an activating group) is 1. The number of likely N-dealkylation sites (tertiary alicyclic amines) is 1. The van der Waals surface area contributed by atoms with Crippen molar-refractivity contribution in [3.8, 4) is 0 Å². The Hall–Kier alpha value is -0.810. The molecule has 0 saturated carbocycles. The van der Waals surface area contributed by atoms with Gasteiger partial charge in [0.2, 0.25) is 5.91 Å². The van der Waals surface area contributed by atoms with Gasteiger partial charge in [0.05, 0.1) is 0 Å². The van der Waals surface area contributed by atoms with Crippen molar-refractivity contribution in [2.75, 3.05) is 25.5 Å². The molecule has 0 aliphatic carbocycles. The van der Waals surface area contributed by atoms with E-state index in [2.05, 4.69) is 22.5 Å². The van der Waals surface area contributed by atoms with Crippen LogP contribution in [-0.4, -0.2) is 48.4 Å². The van der Waals surface area contributed by atoms with E-state index in [9.17, 15) is 9.59 Å². The number of carbonyl (C=O) groups excluding carboxylic acids is 2. The molecule has 3 amide bonds. The SMILES string of the molecule is CCN1CCCC1CNC(=O)NC(=O)CCCl. The number of rotatable bonds is 5. The van der Waals surface area contributed by atoms with Gasteiger partial charge in [0, 0.05) is 24.9 Å². The Balaban J connectivity index is 2.21. The standard InChI is InChI=1S/C11H20ClN3O2/c1-2-15-7-3-4-9(15)8-13-11(17)14-10(16)5-6-12/h9H,2-8H2,1H3,(H2,13,14,16,17). The zero-order valence-electron chi connectivity index (χ0n) is 10.2. The summed E-state index contributed by atoms with van der Waals surface area (Å²) in [6, 6.07) is -0.0306. The number of hydrogen-bond donors (Lipinski definition) is 2. The average Bonchev–Trinajstić information content (AvgIpc) is 2.73. The summed E-state index contributed by atoms with van der Waals surface area (Å²) in [5.41, 5.74) is 0. The summed E-state index contributed by atoms with van der Waals surface area (Å²) in [6.45, 7) is 4.80. The lowest BCUT2D eigenvalue weighted by Crippen LogP contribution is -2.45. The maximum Gasteiger partial charge on any atom is 0.321 e. The molecule has 1 atom stereocenters. The van der Waals surface area contributed by atoms with Crippen LogP contribution in [0.5, 0.6) is 0 Å². The summed E-state index contributed by atoms with van der Waals surface area (Å²) in [4.78, 5) is 24.8. The van der Waals surface area contributed by atoms with E-state index < -0.39 is 6.03 Å². The lowest BCUT2D eigenvalue weighted by Gasteiger charge is -2.22. The van der Waals surface area contributed by atoms with Gasteiger partial charge in [-0.1, -0.05) is 6.92 Å². The molecule has 0 bridgehead atoms. The van der Waals surface area contributed by atoms with Crippen molar-refractivity contribution in [2.45, 2.75) is 32.2 Å². The van der Waals surface area contributed by atoms with Crippen LogP contribution >= 0.6 is 11.6 Å². The molecule has 1 aliphatic heterocycles. The first-order valence-corrected chi connectivity index (χ1v) is 6.58. The molecule has 0 aromatic heterocycles. The molecular formula is C11H20ClN3O2. The molecule has 0 spiro atoms. The second-order valence-electron chi connectivity index (χ2n) is 4.12. The molecule has 1 rings (SSSR count). The molecular weight excluding hydrogens is 242 g/mol. The van der Waals surface area contributed by atoms with Gasteiger partial charge in [-0.05, 0) is 25.9 Å². The fourth-order valence-electron chi connectivity index (χ4n) is 2.07. The van der Waals surface area contributed by atoms with Gasteiger partial charge in [0.25, 0.3) is 0 Å². The fraction of sp³-hybridized carbons (Fsp3) is 0.818. The average molecular weight is 262 g/mol. The van der Waals surface area contributed by atoms with E-state index in [4.69, 9.17) is 11.6 Å². The van der Waals surface area contributed by atoms with Crippen molar-refractivity contribution in [3.63, 3.8) is 0 Å². The molecule has 5 nitrogen and oxygen atoms in total. The zero-order chi connectivity index (χ0) is 12.7. The third-order valence-electron chi connectivity index (χ3n) is 2.98. The number of nitrogens with zero attached hydrogens (tertiary/aromatic N) is 1. The maximum atomic E-state index is 11.4. The summed E-state index contributed by atoms with van der Waals surface area (Å²) in [7, 11) is 0. The first-order chi connectivity index (χ1) is 8.17. The van der Waals surface area contributed by atoms with Gasteiger partial charge in [0.1, 0.15) is 0 Å². The lowest BCUT2D eigenvalue weighted by atomic mass is 10.2. The van der Waals surface area contributed by atoms with E-state index in [0.29, 0.717) is 12.6 Å². The largest absolute Gasteiger partial charge is 0.336 e. The Bertz CT molecular complexity index is 273. The minimum absolute atomic E-state index is 0.166. The van der Waals surface area contributed by atoms with Crippen molar-refractivity contribution in [1.82, 2.24) is 15.5 Å². The number of amides is 3. The van der Waals surface area contributed by atoms with Crippen LogP contribution in [0.4, 0.5) is 4.79 Å². The molecule has 1 saturated heterocycles. The van der Waals surface area contributed by atoms with Gasteiger partial charge in [-0.25, -0.2) is 4.79 Å². The minimum Gasteiger partial charge on any atom is -0.336 e. The highest BCUT2D eigenvalue weighted by Crippen LogP contribution is 2.15. The Labute approximate surface area is 107 Å². The first-order valence-electron chi connectivity index (χ1n) is 6.05.